The summed E-state index contributed by atoms with van der Waals surface area (Å²) in [6, 6.07) is 15.3. The molecule has 0 radical (unpaired) electrons. The van der Waals surface area contributed by atoms with E-state index in [1.807, 2.05) is 55.5 Å². The number of para-hydroxylation sites is 1. The average Bonchev–Trinajstić information content (AvgIpc) is 3.29. The molecule has 31 heavy (non-hydrogen) atoms. The van der Waals surface area contributed by atoms with Crippen LogP contribution in [-0.4, -0.2) is 37.9 Å². The van der Waals surface area contributed by atoms with Crippen molar-refractivity contribution in [3.8, 4) is 5.69 Å². The highest BCUT2D eigenvalue weighted by atomic mass is 35.5. The highest BCUT2D eigenvalue weighted by Gasteiger charge is 2.32. The summed E-state index contributed by atoms with van der Waals surface area (Å²) < 4.78 is 1.71. The average molecular weight is 433 g/mol. The number of amides is 1. The molecule has 0 saturated carbocycles. The van der Waals surface area contributed by atoms with Crippen LogP contribution in [0, 0.1) is 13.8 Å². The molecule has 156 valence electrons. The zero-order valence-corrected chi connectivity index (χ0v) is 18.0. The van der Waals surface area contributed by atoms with E-state index >= 15 is 0 Å². The van der Waals surface area contributed by atoms with Gasteiger partial charge in [-0.1, -0.05) is 29.8 Å². The molecule has 2 aromatic carbocycles. The van der Waals surface area contributed by atoms with E-state index in [1.165, 1.54) is 0 Å². The first-order valence-electron chi connectivity index (χ1n) is 10.2. The second kappa shape index (κ2) is 7.39. The summed E-state index contributed by atoms with van der Waals surface area (Å²) in [5, 5.41) is 6.16. The Labute approximate surface area is 184 Å². The van der Waals surface area contributed by atoms with Crippen molar-refractivity contribution in [2.45, 2.75) is 26.8 Å². The number of rotatable bonds is 3. The molecule has 1 amide bonds. The third kappa shape index (κ3) is 3.24. The molecular formula is C24H21ClN4O2. The molecule has 7 heteroatoms. The van der Waals surface area contributed by atoms with Gasteiger partial charge in [-0.15, -0.1) is 0 Å². The largest absolute Gasteiger partial charge is 0.358 e. The number of carbonyl (C=O) groups is 2. The van der Waals surface area contributed by atoms with E-state index in [-0.39, 0.29) is 0 Å². The van der Waals surface area contributed by atoms with Crippen molar-refractivity contribution in [3.63, 3.8) is 0 Å². The number of fused-ring (bicyclic) bond motifs is 3. The molecule has 3 heterocycles. The molecule has 1 N–H and O–H groups in total. The number of hydrogen-bond acceptors (Lipinski definition) is 3. The maximum atomic E-state index is 13.2. The van der Waals surface area contributed by atoms with Gasteiger partial charge in [0, 0.05) is 46.7 Å². The summed E-state index contributed by atoms with van der Waals surface area (Å²) in [4.78, 5) is 31.4. The van der Waals surface area contributed by atoms with Crippen molar-refractivity contribution in [1.29, 1.82) is 0 Å². The number of ketones is 1. The Morgan fingerprint density at radius 3 is 2.65 bits per heavy atom. The summed E-state index contributed by atoms with van der Waals surface area (Å²) in [7, 11) is 0. The fraction of sp³-hybridized carbons (Fsp3) is 0.208. The molecule has 0 fully saturated rings. The third-order valence-electron chi connectivity index (χ3n) is 5.94. The summed E-state index contributed by atoms with van der Waals surface area (Å²) in [5.74, 6) is -1.01. The van der Waals surface area contributed by atoms with Gasteiger partial charge in [-0.2, -0.15) is 5.10 Å². The first-order chi connectivity index (χ1) is 14.9. The van der Waals surface area contributed by atoms with Gasteiger partial charge in [0.05, 0.1) is 22.6 Å². The van der Waals surface area contributed by atoms with Crippen LogP contribution >= 0.6 is 11.6 Å². The van der Waals surface area contributed by atoms with E-state index in [0.717, 1.165) is 27.8 Å². The topological polar surface area (TPSA) is 71.0 Å². The number of aromatic nitrogens is 3. The fourth-order valence-electron chi connectivity index (χ4n) is 4.40. The normalized spacial score (nSPS) is 13.5. The Balaban J connectivity index is 1.45. The van der Waals surface area contributed by atoms with Crippen LogP contribution < -0.4 is 0 Å². The predicted octanol–water partition coefficient (Wildman–Crippen LogP) is 4.39. The molecule has 0 saturated heterocycles. The lowest BCUT2D eigenvalue weighted by Gasteiger charge is -2.26. The van der Waals surface area contributed by atoms with E-state index in [9.17, 15) is 9.59 Å². The maximum Gasteiger partial charge on any atom is 0.295 e. The number of carbonyl (C=O) groups excluding carboxylic acids is 2. The summed E-state index contributed by atoms with van der Waals surface area (Å²) >= 11 is 6.18. The molecule has 6 nitrogen and oxygen atoms in total. The van der Waals surface area contributed by atoms with Crippen LogP contribution in [0.3, 0.4) is 0 Å². The summed E-state index contributed by atoms with van der Waals surface area (Å²) in [6.45, 7) is 4.46. The fourth-order valence-corrected chi connectivity index (χ4v) is 4.57. The predicted molar refractivity (Wildman–Crippen MR) is 120 cm³/mol. The zero-order chi connectivity index (χ0) is 21.7. The molecule has 0 atom stereocenters. The Morgan fingerprint density at radius 2 is 1.87 bits per heavy atom. The van der Waals surface area contributed by atoms with Crippen LogP contribution in [0.2, 0.25) is 5.02 Å². The Bertz CT molecular complexity index is 1340. The van der Waals surface area contributed by atoms with Crippen LogP contribution in [0.4, 0.5) is 0 Å². The number of halogens is 1. The highest BCUT2D eigenvalue weighted by Crippen LogP contribution is 2.30. The number of aromatic amines is 1. The van der Waals surface area contributed by atoms with Gasteiger partial charge >= 0.3 is 0 Å². The van der Waals surface area contributed by atoms with Crippen LogP contribution in [0.15, 0.2) is 48.5 Å². The lowest BCUT2D eigenvalue weighted by atomic mass is 10.0. The van der Waals surface area contributed by atoms with Gasteiger partial charge in [0.25, 0.3) is 11.7 Å². The minimum absolute atomic E-state index is 0.377. The van der Waals surface area contributed by atoms with Gasteiger partial charge in [0.1, 0.15) is 0 Å². The molecule has 0 aliphatic carbocycles. The van der Waals surface area contributed by atoms with E-state index in [4.69, 9.17) is 11.6 Å². The third-order valence-corrected chi connectivity index (χ3v) is 6.17. The lowest BCUT2D eigenvalue weighted by Crippen LogP contribution is -2.40. The van der Waals surface area contributed by atoms with Crippen molar-refractivity contribution < 1.29 is 9.59 Å². The van der Waals surface area contributed by atoms with Crippen molar-refractivity contribution >= 4 is 34.2 Å². The number of hydrogen-bond donors (Lipinski definition) is 1. The van der Waals surface area contributed by atoms with Crippen LogP contribution in [0.5, 0.6) is 0 Å². The zero-order valence-electron chi connectivity index (χ0n) is 17.3. The second-order valence-electron chi connectivity index (χ2n) is 7.87. The van der Waals surface area contributed by atoms with E-state index in [1.54, 1.807) is 16.5 Å². The number of Topliss-reactive ketones (excluding diaryl/α,β-unsaturated/α-hetero) is 1. The lowest BCUT2D eigenvalue weighted by molar-refractivity contribution is -0.127. The van der Waals surface area contributed by atoms with E-state index < -0.39 is 11.7 Å². The number of nitrogens with one attached hydrogen (secondary N) is 1. The van der Waals surface area contributed by atoms with Crippen molar-refractivity contribution in [1.82, 2.24) is 19.7 Å². The van der Waals surface area contributed by atoms with Crippen LogP contribution in [-0.2, 0) is 17.8 Å². The van der Waals surface area contributed by atoms with Crippen LogP contribution in [0.25, 0.3) is 16.6 Å². The summed E-state index contributed by atoms with van der Waals surface area (Å²) in [5.41, 5.74) is 5.56. The number of nitrogens with zero attached hydrogens (tertiary/aromatic N) is 3. The van der Waals surface area contributed by atoms with Crippen molar-refractivity contribution in [3.05, 3.63) is 81.8 Å². The quantitative estimate of drug-likeness (QED) is 0.385. The van der Waals surface area contributed by atoms with Gasteiger partial charge in [-0.3, -0.25) is 9.59 Å². The molecule has 5 rings (SSSR count). The summed E-state index contributed by atoms with van der Waals surface area (Å²) in [6.07, 6.45) is 0.669. The van der Waals surface area contributed by atoms with Gasteiger partial charge in [-0.25, -0.2) is 4.68 Å². The van der Waals surface area contributed by atoms with Crippen molar-refractivity contribution in [2.24, 2.45) is 0 Å². The highest BCUT2D eigenvalue weighted by molar-refractivity contribution is 6.43. The molecule has 1 aliphatic rings. The molecule has 1 aliphatic heterocycles. The number of aryl methyl sites for hydroxylation is 1. The van der Waals surface area contributed by atoms with E-state index in [2.05, 4.69) is 10.1 Å². The van der Waals surface area contributed by atoms with Gasteiger partial charge in [0.2, 0.25) is 0 Å². The first-order valence-corrected chi connectivity index (χ1v) is 10.6. The van der Waals surface area contributed by atoms with Crippen molar-refractivity contribution in [2.75, 3.05) is 6.54 Å². The maximum absolute atomic E-state index is 13.2. The Kier molecular flexibility index (Phi) is 4.67. The minimum Gasteiger partial charge on any atom is -0.358 e. The molecular weight excluding hydrogens is 412 g/mol. The van der Waals surface area contributed by atoms with Gasteiger partial charge < -0.3 is 9.88 Å². The number of benzene rings is 2. The van der Waals surface area contributed by atoms with Gasteiger partial charge in [-0.05, 0) is 44.2 Å². The molecule has 0 unspecified atom stereocenters. The smallest absolute Gasteiger partial charge is 0.295 e. The number of H-pyrrole nitrogens is 1. The molecule has 4 aromatic rings. The SMILES string of the molecule is Cc1nn(-c2ccccc2)c(C)c1C(=O)C(=O)N1CCc2[nH]c3ccc(Cl)cc3c2C1. The van der Waals surface area contributed by atoms with Crippen LogP contribution in [0.1, 0.15) is 33.0 Å². The van der Waals surface area contributed by atoms with Gasteiger partial charge in [0.15, 0.2) is 0 Å². The van der Waals surface area contributed by atoms with E-state index in [0.29, 0.717) is 41.5 Å². The Hall–Kier alpha value is -3.38. The minimum atomic E-state index is -0.515. The Morgan fingerprint density at radius 1 is 1.10 bits per heavy atom. The molecule has 2 aromatic heterocycles. The first kappa shape index (κ1) is 19.6. The standard InChI is InChI=1S/C24H21ClN4O2/c1-14-22(15(2)29(27-14)17-6-4-3-5-7-17)23(30)24(31)28-11-10-21-19(13-28)18-12-16(25)8-9-20(18)26-21/h3-9,12,26H,10-11,13H2,1-2H3. The molecule has 0 bridgehead atoms. The molecule has 0 spiro atoms. The second-order valence-corrected chi connectivity index (χ2v) is 8.31. The monoisotopic (exact) mass is 432 g/mol.